The highest BCUT2D eigenvalue weighted by Gasteiger charge is 2.13. The summed E-state index contributed by atoms with van der Waals surface area (Å²) in [5.41, 5.74) is -0.164. The standard InChI is InChI=1S/C12H14F2N2/c1-3-8(2)7-16-10-5-4-9(6-15)11(13)12(10)14/h4-5,8,16H,3,7H2,1-2H3. The van der Waals surface area contributed by atoms with E-state index in [2.05, 4.69) is 5.32 Å². The van der Waals surface area contributed by atoms with Crippen LogP contribution in [0.2, 0.25) is 0 Å². The largest absolute Gasteiger partial charge is 0.382 e. The molecular formula is C12H14F2N2. The second-order valence-corrected chi connectivity index (χ2v) is 3.79. The van der Waals surface area contributed by atoms with Crippen molar-refractivity contribution in [2.24, 2.45) is 5.92 Å². The molecule has 1 aromatic carbocycles. The van der Waals surface area contributed by atoms with Gasteiger partial charge in [-0.2, -0.15) is 5.26 Å². The Hall–Kier alpha value is -1.63. The van der Waals surface area contributed by atoms with Gasteiger partial charge in [-0.25, -0.2) is 8.78 Å². The molecule has 1 unspecified atom stereocenters. The molecule has 2 nitrogen and oxygen atoms in total. The van der Waals surface area contributed by atoms with Crippen LogP contribution in [-0.4, -0.2) is 6.54 Å². The molecule has 0 aliphatic heterocycles. The van der Waals surface area contributed by atoms with Crippen molar-refractivity contribution in [1.29, 1.82) is 5.26 Å². The third-order valence-electron chi connectivity index (χ3n) is 2.54. The average molecular weight is 224 g/mol. The summed E-state index contributed by atoms with van der Waals surface area (Å²) in [5.74, 6) is -1.68. The number of hydrogen-bond acceptors (Lipinski definition) is 2. The fourth-order valence-corrected chi connectivity index (χ4v) is 1.20. The molecule has 0 aromatic heterocycles. The molecule has 0 bridgehead atoms. The minimum Gasteiger partial charge on any atom is -0.382 e. The molecule has 0 radical (unpaired) electrons. The predicted octanol–water partition coefficient (Wildman–Crippen LogP) is 3.29. The zero-order valence-corrected chi connectivity index (χ0v) is 9.35. The molecule has 0 aliphatic rings. The fourth-order valence-electron chi connectivity index (χ4n) is 1.20. The van der Waals surface area contributed by atoms with E-state index in [1.165, 1.54) is 12.1 Å². The van der Waals surface area contributed by atoms with E-state index < -0.39 is 11.6 Å². The topological polar surface area (TPSA) is 35.8 Å². The monoisotopic (exact) mass is 224 g/mol. The van der Waals surface area contributed by atoms with Gasteiger partial charge in [-0.15, -0.1) is 0 Å². The Morgan fingerprint density at radius 2 is 2.06 bits per heavy atom. The van der Waals surface area contributed by atoms with Gasteiger partial charge in [-0.1, -0.05) is 20.3 Å². The summed E-state index contributed by atoms with van der Waals surface area (Å²) >= 11 is 0. The third kappa shape index (κ3) is 2.69. The van der Waals surface area contributed by atoms with Gasteiger partial charge in [-0.05, 0) is 18.1 Å². The minimum atomic E-state index is -1.09. The number of benzene rings is 1. The first kappa shape index (κ1) is 12.4. The maximum Gasteiger partial charge on any atom is 0.183 e. The summed E-state index contributed by atoms with van der Waals surface area (Å²) < 4.78 is 26.6. The molecule has 0 heterocycles. The molecular weight excluding hydrogens is 210 g/mol. The zero-order chi connectivity index (χ0) is 12.1. The Kier molecular flexibility index (Phi) is 4.24. The number of nitrogens with one attached hydrogen (secondary N) is 1. The van der Waals surface area contributed by atoms with Crippen molar-refractivity contribution in [3.8, 4) is 6.07 Å². The lowest BCUT2D eigenvalue weighted by molar-refractivity contribution is 0.506. The molecule has 1 aromatic rings. The van der Waals surface area contributed by atoms with E-state index in [1.54, 1.807) is 6.07 Å². The van der Waals surface area contributed by atoms with Crippen LogP contribution < -0.4 is 5.32 Å². The van der Waals surface area contributed by atoms with Gasteiger partial charge in [0.25, 0.3) is 0 Å². The van der Waals surface area contributed by atoms with Crippen LogP contribution in [0.5, 0.6) is 0 Å². The van der Waals surface area contributed by atoms with Crippen LogP contribution in [0.25, 0.3) is 0 Å². The number of halogens is 2. The predicted molar refractivity (Wildman–Crippen MR) is 59.0 cm³/mol. The van der Waals surface area contributed by atoms with Gasteiger partial charge in [0, 0.05) is 6.54 Å². The molecule has 0 amide bonds. The second-order valence-electron chi connectivity index (χ2n) is 3.79. The zero-order valence-electron chi connectivity index (χ0n) is 9.35. The van der Waals surface area contributed by atoms with E-state index in [0.29, 0.717) is 12.5 Å². The summed E-state index contributed by atoms with van der Waals surface area (Å²) in [6.07, 6.45) is 0.966. The highest BCUT2D eigenvalue weighted by Crippen LogP contribution is 2.20. The lowest BCUT2D eigenvalue weighted by Crippen LogP contribution is -2.12. The van der Waals surface area contributed by atoms with Crippen molar-refractivity contribution >= 4 is 5.69 Å². The average Bonchev–Trinajstić information content (AvgIpc) is 2.30. The summed E-state index contributed by atoms with van der Waals surface area (Å²) in [6.45, 7) is 4.63. The molecule has 0 fully saturated rings. The Morgan fingerprint density at radius 1 is 1.38 bits per heavy atom. The lowest BCUT2D eigenvalue weighted by atomic mass is 10.1. The Bertz CT molecular complexity index is 410. The van der Waals surface area contributed by atoms with Crippen molar-refractivity contribution in [2.45, 2.75) is 20.3 Å². The molecule has 16 heavy (non-hydrogen) atoms. The van der Waals surface area contributed by atoms with Gasteiger partial charge in [0.15, 0.2) is 11.6 Å². The molecule has 0 saturated carbocycles. The van der Waals surface area contributed by atoms with Gasteiger partial charge in [0.1, 0.15) is 6.07 Å². The molecule has 1 atom stereocenters. The quantitative estimate of drug-likeness (QED) is 0.851. The van der Waals surface area contributed by atoms with Gasteiger partial charge >= 0.3 is 0 Å². The molecule has 4 heteroatoms. The van der Waals surface area contributed by atoms with Crippen molar-refractivity contribution < 1.29 is 8.78 Å². The molecule has 1 N–H and O–H groups in total. The van der Waals surface area contributed by atoms with Crippen LogP contribution in [0.3, 0.4) is 0 Å². The van der Waals surface area contributed by atoms with Crippen molar-refractivity contribution in [1.82, 2.24) is 0 Å². The van der Waals surface area contributed by atoms with Gasteiger partial charge in [-0.3, -0.25) is 0 Å². The molecule has 0 spiro atoms. The molecule has 0 aliphatic carbocycles. The van der Waals surface area contributed by atoms with E-state index in [4.69, 9.17) is 5.26 Å². The van der Waals surface area contributed by atoms with Crippen LogP contribution in [-0.2, 0) is 0 Å². The van der Waals surface area contributed by atoms with Crippen molar-refractivity contribution in [2.75, 3.05) is 11.9 Å². The Balaban J connectivity index is 2.84. The molecule has 1 rings (SSSR count). The lowest BCUT2D eigenvalue weighted by Gasteiger charge is -2.12. The van der Waals surface area contributed by atoms with Crippen LogP contribution in [0.15, 0.2) is 12.1 Å². The second kappa shape index (κ2) is 5.45. The number of nitrogens with zero attached hydrogens (tertiary/aromatic N) is 1. The highest BCUT2D eigenvalue weighted by atomic mass is 19.2. The van der Waals surface area contributed by atoms with Crippen LogP contribution >= 0.6 is 0 Å². The SMILES string of the molecule is CCC(C)CNc1ccc(C#N)c(F)c1F. The number of hydrogen-bond donors (Lipinski definition) is 1. The maximum atomic E-state index is 13.4. The van der Waals surface area contributed by atoms with E-state index in [9.17, 15) is 8.78 Å². The normalized spacial score (nSPS) is 11.9. The van der Waals surface area contributed by atoms with Crippen LogP contribution in [0, 0.1) is 28.9 Å². The molecule has 0 saturated heterocycles. The van der Waals surface area contributed by atoms with Crippen LogP contribution in [0.4, 0.5) is 14.5 Å². The first-order chi connectivity index (χ1) is 7.60. The number of rotatable bonds is 4. The summed E-state index contributed by atoms with van der Waals surface area (Å²) in [7, 11) is 0. The minimum absolute atomic E-state index is 0.108. The molecule has 86 valence electrons. The number of nitriles is 1. The first-order valence-corrected chi connectivity index (χ1v) is 5.22. The summed E-state index contributed by atoms with van der Waals surface area (Å²) in [6, 6.07) is 4.26. The van der Waals surface area contributed by atoms with Gasteiger partial charge < -0.3 is 5.32 Å². The van der Waals surface area contributed by atoms with E-state index in [1.807, 2.05) is 13.8 Å². The van der Waals surface area contributed by atoms with Gasteiger partial charge in [0.2, 0.25) is 0 Å². The number of anilines is 1. The summed E-state index contributed by atoms with van der Waals surface area (Å²) in [5, 5.41) is 11.3. The van der Waals surface area contributed by atoms with E-state index in [0.717, 1.165) is 6.42 Å². The van der Waals surface area contributed by atoms with E-state index >= 15 is 0 Å². The maximum absolute atomic E-state index is 13.4. The van der Waals surface area contributed by atoms with E-state index in [-0.39, 0.29) is 11.3 Å². The Morgan fingerprint density at radius 3 is 2.62 bits per heavy atom. The summed E-state index contributed by atoms with van der Waals surface area (Å²) in [4.78, 5) is 0. The third-order valence-corrected chi connectivity index (χ3v) is 2.54. The first-order valence-electron chi connectivity index (χ1n) is 5.22. The highest BCUT2D eigenvalue weighted by molar-refractivity contribution is 5.49. The fraction of sp³-hybridized carbons (Fsp3) is 0.417. The Labute approximate surface area is 93.9 Å². The van der Waals surface area contributed by atoms with Crippen molar-refractivity contribution in [3.05, 3.63) is 29.3 Å². The van der Waals surface area contributed by atoms with Gasteiger partial charge in [0.05, 0.1) is 11.3 Å². The van der Waals surface area contributed by atoms with Crippen molar-refractivity contribution in [3.63, 3.8) is 0 Å². The van der Waals surface area contributed by atoms with Crippen LogP contribution in [0.1, 0.15) is 25.8 Å². The smallest absolute Gasteiger partial charge is 0.183 e.